The number of likely N-dealkylation sites (N-methyl/N-ethyl adjacent to an activating group) is 1. The number of hydrogen-bond acceptors (Lipinski definition) is 5. The van der Waals surface area contributed by atoms with Crippen LogP contribution in [0.3, 0.4) is 0 Å². The summed E-state index contributed by atoms with van der Waals surface area (Å²) in [7, 11) is -2.20. The van der Waals surface area contributed by atoms with Crippen molar-refractivity contribution in [1.82, 2.24) is 4.90 Å². The minimum Gasteiger partial charge on any atom is -0.452 e. The maximum atomic E-state index is 12.3. The second-order valence-electron chi connectivity index (χ2n) is 7.02. The Balaban J connectivity index is 1.99. The average molecular weight is 382 g/mol. The van der Waals surface area contributed by atoms with Gasteiger partial charge in [-0.05, 0) is 56.2 Å². The van der Waals surface area contributed by atoms with Crippen LogP contribution in [0.15, 0.2) is 23.1 Å². The van der Waals surface area contributed by atoms with Crippen molar-refractivity contribution in [3.63, 3.8) is 0 Å². The predicted molar refractivity (Wildman–Crippen MR) is 97.0 cm³/mol. The highest BCUT2D eigenvalue weighted by atomic mass is 32.2. The zero-order valence-electron chi connectivity index (χ0n) is 15.4. The van der Waals surface area contributed by atoms with Crippen LogP contribution < -0.4 is 5.14 Å². The number of nitrogens with two attached hydrogens (primary N) is 1. The molecule has 1 aromatic carbocycles. The molecule has 7 nitrogen and oxygen atoms in total. The van der Waals surface area contributed by atoms with Crippen LogP contribution in [-0.2, 0) is 19.6 Å². The van der Waals surface area contributed by atoms with E-state index in [4.69, 9.17) is 9.88 Å². The quantitative estimate of drug-likeness (QED) is 0.782. The highest BCUT2D eigenvalue weighted by Gasteiger charge is 2.25. The summed E-state index contributed by atoms with van der Waals surface area (Å²) >= 11 is 0. The number of amides is 1. The number of esters is 1. The number of primary sulfonamides is 1. The van der Waals surface area contributed by atoms with Crippen LogP contribution in [-0.4, -0.2) is 44.9 Å². The molecule has 1 amide bonds. The Hall–Kier alpha value is -1.93. The van der Waals surface area contributed by atoms with Crippen LogP contribution >= 0.6 is 0 Å². The summed E-state index contributed by atoms with van der Waals surface area (Å²) in [6.07, 6.45) is 4.07. The lowest BCUT2D eigenvalue weighted by Crippen LogP contribution is -2.41. The molecule has 1 aromatic rings. The monoisotopic (exact) mass is 382 g/mol. The minimum absolute atomic E-state index is 0.0819. The Kier molecular flexibility index (Phi) is 6.41. The lowest BCUT2D eigenvalue weighted by Gasteiger charge is -2.33. The van der Waals surface area contributed by atoms with E-state index >= 15 is 0 Å². The molecule has 0 spiro atoms. The van der Waals surface area contributed by atoms with Gasteiger partial charge < -0.3 is 9.64 Å². The van der Waals surface area contributed by atoms with Crippen molar-refractivity contribution in [2.45, 2.75) is 50.5 Å². The Morgan fingerprint density at radius 1 is 1.23 bits per heavy atom. The van der Waals surface area contributed by atoms with Crippen molar-refractivity contribution in [2.24, 2.45) is 11.1 Å². The molecule has 1 aliphatic rings. The third kappa shape index (κ3) is 5.04. The summed E-state index contributed by atoms with van der Waals surface area (Å²) in [5.74, 6) is -0.327. The summed E-state index contributed by atoms with van der Waals surface area (Å²) < 4.78 is 28.0. The number of carbonyl (C=O) groups is 2. The highest BCUT2D eigenvalue weighted by Crippen LogP contribution is 2.26. The average Bonchev–Trinajstić information content (AvgIpc) is 2.58. The number of nitrogens with zero attached hydrogens (tertiary/aromatic N) is 1. The summed E-state index contributed by atoms with van der Waals surface area (Å²) in [4.78, 5) is 26.0. The molecule has 1 aliphatic carbocycles. The van der Waals surface area contributed by atoms with Gasteiger partial charge in [0.15, 0.2) is 6.61 Å². The van der Waals surface area contributed by atoms with Crippen LogP contribution in [0.4, 0.5) is 0 Å². The molecule has 2 N–H and O–H groups in total. The zero-order chi connectivity index (χ0) is 19.5. The summed E-state index contributed by atoms with van der Waals surface area (Å²) in [5, 5.41) is 5.09. The zero-order valence-corrected chi connectivity index (χ0v) is 16.2. The van der Waals surface area contributed by atoms with E-state index in [1.54, 1.807) is 18.9 Å². The number of hydrogen-bond donors (Lipinski definition) is 1. The largest absolute Gasteiger partial charge is 0.452 e. The van der Waals surface area contributed by atoms with Gasteiger partial charge in [-0.1, -0.05) is 13.0 Å². The fourth-order valence-corrected chi connectivity index (χ4v) is 3.68. The second-order valence-corrected chi connectivity index (χ2v) is 8.58. The molecule has 26 heavy (non-hydrogen) atoms. The Morgan fingerprint density at radius 3 is 2.42 bits per heavy atom. The van der Waals surface area contributed by atoms with E-state index in [1.165, 1.54) is 18.2 Å². The molecule has 1 fully saturated rings. The maximum absolute atomic E-state index is 12.3. The number of benzene rings is 1. The lowest BCUT2D eigenvalue weighted by molar-refractivity contribution is -0.136. The van der Waals surface area contributed by atoms with Gasteiger partial charge in [0.05, 0.1) is 10.5 Å². The van der Waals surface area contributed by atoms with Crippen LogP contribution in [0.25, 0.3) is 0 Å². The third-order valence-corrected chi connectivity index (χ3v) is 5.92. The molecule has 0 radical (unpaired) electrons. The summed E-state index contributed by atoms with van der Waals surface area (Å²) in [6.45, 7) is 3.49. The van der Waals surface area contributed by atoms with E-state index in [9.17, 15) is 18.0 Å². The van der Waals surface area contributed by atoms with Crippen molar-refractivity contribution in [3.05, 3.63) is 29.3 Å². The van der Waals surface area contributed by atoms with Gasteiger partial charge in [0.25, 0.3) is 5.91 Å². The molecular formula is C18H26N2O5S. The van der Waals surface area contributed by atoms with Gasteiger partial charge in [0, 0.05) is 13.1 Å². The standard InChI is InChI=1S/C18H26N2O5S/c1-12-4-7-14(8-5-12)20(3)17(21)11-25-18(22)16-10-15(26(19,23)24)9-6-13(16)2/h6,9-10,12,14H,4-5,7-8,11H2,1-3H3,(H2,19,23,24). The Labute approximate surface area is 154 Å². The molecule has 8 heteroatoms. The van der Waals surface area contributed by atoms with Gasteiger partial charge in [-0.2, -0.15) is 0 Å². The molecule has 0 bridgehead atoms. The number of carbonyl (C=O) groups excluding carboxylic acids is 2. The molecule has 0 aromatic heterocycles. The van der Waals surface area contributed by atoms with Crippen LogP contribution in [0, 0.1) is 12.8 Å². The molecule has 0 unspecified atom stereocenters. The van der Waals surface area contributed by atoms with Crippen LogP contribution in [0.2, 0.25) is 0 Å². The number of sulfonamides is 1. The predicted octanol–water partition coefficient (Wildman–Crippen LogP) is 1.84. The van der Waals surface area contributed by atoms with E-state index in [1.807, 2.05) is 0 Å². The first-order valence-electron chi connectivity index (χ1n) is 8.66. The molecule has 0 heterocycles. The van der Waals surface area contributed by atoms with E-state index in [-0.39, 0.29) is 29.0 Å². The minimum atomic E-state index is -3.92. The smallest absolute Gasteiger partial charge is 0.338 e. The molecule has 0 saturated heterocycles. The highest BCUT2D eigenvalue weighted by molar-refractivity contribution is 7.89. The van der Waals surface area contributed by atoms with Crippen molar-refractivity contribution in [2.75, 3.05) is 13.7 Å². The Morgan fingerprint density at radius 2 is 1.85 bits per heavy atom. The van der Waals surface area contributed by atoms with Crippen LogP contribution in [0.1, 0.15) is 48.5 Å². The van der Waals surface area contributed by atoms with E-state index in [0.717, 1.165) is 25.7 Å². The van der Waals surface area contributed by atoms with Gasteiger partial charge >= 0.3 is 5.97 Å². The first kappa shape index (κ1) is 20.4. The van der Waals surface area contributed by atoms with Crippen LogP contribution in [0.5, 0.6) is 0 Å². The third-order valence-electron chi connectivity index (χ3n) is 5.01. The normalized spacial score (nSPS) is 20.5. The van der Waals surface area contributed by atoms with Gasteiger partial charge in [-0.25, -0.2) is 18.4 Å². The fourth-order valence-electron chi connectivity index (χ4n) is 3.14. The Bertz CT molecular complexity index is 783. The van der Waals surface area contributed by atoms with Crippen molar-refractivity contribution in [1.29, 1.82) is 0 Å². The first-order valence-corrected chi connectivity index (χ1v) is 10.2. The van der Waals surface area contributed by atoms with Crippen molar-refractivity contribution >= 4 is 21.9 Å². The molecule has 144 valence electrons. The lowest BCUT2D eigenvalue weighted by atomic mass is 9.87. The fraction of sp³-hybridized carbons (Fsp3) is 0.556. The topological polar surface area (TPSA) is 107 Å². The molecule has 0 aliphatic heterocycles. The SMILES string of the molecule is Cc1ccc(S(N)(=O)=O)cc1C(=O)OCC(=O)N(C)C1CCC(C)CC1. The summed E-state index contributed by atoms with van der Waals surface area (Å²) in [6, 6.07) is 4.15. The molecule has 1 saturated carbocycles. The second kappa shape index (κ2) is 8.18. The van der Waals surface area contributed by atoms with E-state index < -0.39 is 16.0 Å². The number of rotatable bonds is 5. The molecular weight excluding hydrogens is 356 g/mol. The van der Waals surface area contributed by atoms with Crippen molar-refractivity contribution < 1.29 is 22.7 Å². The van der Waals surface area contributed by atoms with Crippen molar-refractivity contribution in [3.8, 4) is 0 Å². The first-order chi connectivity index (χ1) is 12.1. The maximum Gasteiger partial charge on any atom is 0.338 e. The number of ether oxygens (including phenoxy) is 1. The van der Waals surface area contributed by atoms with Gasteiger partial charge in [-0.15, -0.1) is 0 Å². The molecule has 0 atom stereocenters. The van der Waals surface area contributed by atoms with E-state index in [2.05, 4.69) is 6.92 Å². The van der Waals surface area contributed by atoms with E-state index in [0.29, 0.717) is 11.5 Å². The number of aryl methyl sites for hydroxylation is 1. The molecule has 2 rings (SSSR count). The summed E-state index contributed by atoms with van der Waals surface area (Å²) in [5.41, 5.74) is 0.628. The van der Waals surface area contributed by atoms with Gasteiger partial charge in [0.1, 0.15) is 0 Å². The van der Waals surface area contributed by atoms with Gasteiger partial charge in [0.2, 0.25) is 10.0 Å². The van der Waals surface area contributed by atoms with Gasteiger partial charge in [-0.3, -0.25) is 4.79 Å².